The molecular weight excluding hydrogens is 421 g/mol. The van der Waals surface area contributed by atoms with E-state index >= 15 is 0 Å². The molecule has 0 atom stereocenters. The Hall–Kier alpha value is -3.83. The van der Waals surface area contributed by atoms with Gasteiger partial charge in [0.25, 0.3) is 0 Å². The van der Waals surface area contributed by atoms with Crippen molar-refractivity contribution in [3.63, 3.8) is 0 Å². The largest absolute Gasteiger partial charge is 0.416 e. The molecule has 160 valence electrons. The molecule has 0 aliphatic heterocycles. The summed E-state index contributed by atoms with van der Waals surface area (Å²) in [7, 11) is 0. The van der Waals surface area contributed by atoms with Crippen molar-refractivity contribution in [3.8, 4) is 5.95 Å². The Kier molecular flexibility index (Phi) is 4.91. The number of nitrogens with zero attached hydrogens (tertiary/aromatic N) is 5. The lowest BCUT2D eigenvalue weighted by Crippen LogP contribution is -2.11. The number of hydrogen-bond donors (Lipinski definition) is 2. The maximum absolute atomic E-state index is 13.8. The number of halogens is 5. The number of hydrogen-bond acceptors (Lipinski definition) is 6. The van der Waals surface area contributed by atoms with Crippen molar-refractivity contribution in [2.75, 3.05) is 11.1 Å². The Morgan fingerprint density at radius 1 is 0.968 bits per heavy atom. The Labute approximate surface area is 171 Å². The molecule has 0 unspecified atom stereocenters. The average Bonchev–Trinajstić information content (AvgIpc) is 3.05. The third-order valence-corrected chi connectivity index (χ3v) is 4.39. The summed E-state index contributed by atoms with van der Waals surface area (Å²) in [4.78, 5) is 16.5. The first-order chi connectivity index (χ1) is 14.7. The molecule has 31 heavy (non-hydrogen) atoms. The topological polar surface area (TPSA) is 94.5 Å². The lowest BCUT2D eigenvalue weighted by molar-refractivity contribution is -0.137. The van der Waals surface area contributed by atoms with Gasteiger partial charge in [0.1, 0.15) is 5.82 Å². The summed E-state index contributed by atoms with van der Waals surface area (Å²) in [5.41, 5.74) is 5.67. The maximum atomic E-state index is 13.8. The van der Waals surface area contributed by atoms with Crippen LogP contribution in [0.1, 0.15) is 18.3 Å². The van der Waals surface area contributed by atoms with Crippen LogP contribution in [0, 0.1) is 11.6 Å². The molecule has 3 N–H and O–H groups in total. The quantitative estimate of drug-likeness (QED) is 0.462. The molecule has 4 aromatic rings. The van der Waals surface area contributed by atoms with E-state index in [1.807, 2.05) is 0 Å². The first-order valence-electron chi connectivity index (χ1n) is 8.98. The molecule has 7 nitrogen and oxygen atoms in total. The lowest BCUT2D eigenvalue weighted by atomic mass is 10.2. The van der Waals surface area contributed by atoms with Crippen LogP contribution in [0.25, 0.3) is 17.0 Å². The molecular formula is C19H14F5N7. The predicted octanol–water partition coefficient (Wildman–Crippen LogP) is 4.40. The van der Waals surface area contributed by atoms with Gasteiger partial charge in [0.05, 0.1) is 16.6 Å². The van der Waals surface area contributed by atoms with Crippen molar-refractivity contribution in [1.82, 2.24) is 24.5 Å². The molecule has 0 saturated heterocycles. The van der Waals surface area contributed by atoms with E-state index in [0.717, 1.165) is 24.3 Å². The highest BCUT2D eigenvalue weighted by Gasteiger charge is 2.30. The third kappa shape index (κ3) is 3.96. The Bertz CT molecular complexity index is 1270. The van der Waals surface area contributed by atoms with Crippen molar-refractivity contribution in [2.24, 2.45) is 0 Å². The summed E-state index contributed by atoms with van der Waals surface area (Å²) in [5.74, 6) is -1.93. The fourth-order valence-electron chi connectivity index (χ4n) is 2.99. The molecule has 0 fully saturated rings. The van der Waals surface area contributed by atoms with Crippen LogP contribution < -0.4 is 11.1 Å². The van der Waals surface area contributed by atoms with Gasteiger partial charge in [-0.2, -0.15) is 28.1 Å². The van der Waals surface area contributed by atoms with Crippen LogP contribution in [0.3, 0.4) is 0 Å². The van der Waals surface area contributed by atoms with Crippen LogP contribution in [0.2, 0.25) is 0 Å². The van der Waals surface area contributed by atoms with Crippen molar-refractivity contribution in [2.45, 2.75) is 19.5 Å². The second-order valence-electron chi connectivity index (χ2n) is 6.49. The summed E-state index contributed by atoms with van der Waals surface area (Å²) in [6.45, 7) is 1.79. The van der Waals surface area contributed by atoms with E-state index in [0.29, 0.717) is 12.2 Å². The van der Waals surface area contributed by atoms with Gasteiger partial charge in [-0.1, -0.05) is 6.92 Å². The number of nitrogen functional groups attached to an aromatic ring is 1. The summed E-state index contributed by atoms with van der Waals surface area (Å²) >= 11 is 0. The van der Waals surface area contributed by atoms with Crippen LogP contribution in [-0.4, -0.2) is 24.5 Å². The van der Waals surface area contributed by atoms with Crippen LogP contribution in [0.5, 0.6) is 0 Å². The van der Waals surface area contributed by atoms with Gasteiger partial charge in [0.2, 0.25) is 17.8 Å². The van der Waals surface area contributed by atoms with Crippen LogP contribution in [0.4, 0.5) is 39.5 Å². The summed E-state index contributed by atoms with van der Waals surface area (Å²) in [6.07, 6.45) is -4.07. The highest BCUT2D eigenvalue weighted by Crippen LogP contribution is 2.30. The standard InChI is InChI=1S/C19H14F5N7/c1-2-15-27-13-7-11(20)12(21)8-14(13)31(15)18-29-16(25)28-17(30-18)26-10-5-3-9(4-6-10)19(22,23)24/h3-8H,2H2,1H3,(H3,25,26,28,29,30). The fourth-order valence-corrected chi connectivity index (χ4v) is 2.99. The molecule has 0 saturated carbocycles. The summed E-state index contributed by atoms with van der Waals surface area (Å²) < 4.78 is 67.0. The van der Waals surface area contributed by atoms with E-state index in [9.17, 15) is 22.0 Å². The second-order valence-corrected chi connectivity index (χ2v) is 6.49. The van der Waals surface area contributed by atoms with Gasteiger partial charge in [0, 0.05) is 24.2 Å². The first kappa shape index (κ1) is 20.4. The zero-order chi connectivity index (χ0) is 22.3. The molecule has 4 rings (SSSR count). The smallest absolute Gasteiger partial charge is 0.368 e. The normalized spacial score (nSPS) is 11.8. The van der Waals surface area contributed by atoms with E-state index in [1.165, 1.54) is 16.7 Å². The number of nitrogens with two attached hydrogens (primary N) is 1. The molecule has 0 bridgehead atoms. The van der Waals surface area contributed by atoms with Gasteiger partial charge in [-0.25, -0.2) is 13.8 Å². The highest BCUT2D eigenvalue weighted by molar-refractivity contribution is 5.78. The zero-order valence-electron chi connectivity index (χ0n) is 15.9. The van der Waals surface area contributed by atoms with Gasteiger partial charge in [-0.3, -0.25) is 4.57 Å². The van der Waals surface area contributed by atoms with Crippen LogP contribution in [-0.2, 0) is 12.6 Å². The molecule has 2 heterocycles. The molecule has 0 radical (unpaired) electrons. The SMILES string of the molecule is CCc1nc2cc(F)c(F)cc2n1-c1nc(N)nc(Nc2ccc(C(F)(F)F)cc2)n1. The van der Waals surface area contributed by atoms with Gasteiger partial charge in [-0.15, -0.1) is 0 Å². The molecule has 0 amide bonds. The Balaban J connectivity index is 1.76. The Morgan fingerprint density at radius 3 is 2.29 bits per heavy atom. The van der Waals surface area contributed by atoms with Gasteiger partial charge >= 0.3 is 6.18 Å². The van der Waals surface area contributed by atoms with Gasteiger partial charge in [0.15, 0.2) is 11.6 Å². The minimum Gasteiger partial charge on any atom is -0.368 e. The molecule has 0 aliphatic carbocycles. The number of aryl methyl sites for hydroxylation is 1. The van der Waals surface area contributed by atoms with Gasteiger partial charge < -0.3 is 11.1 Å². The lowest BCUT2D eigenvalue weighted by Gasteiger charge is -2.11. The average molecular weight is 435 g/mol. The van der Waals surface area contributed by atoms with E-state index in [1.54, 1.807) is 6.92 Å². The summed E-state index contributed by atoms with van der Waals surface area (Å²) in [5, 5.41) is 2.75. The summed E-state index contributed by atoms with van der Waals surface area (Å²) in [6, 6.07) is 6.18. The van der Waals surface area contributed by atoms with Crippen molar-refractivity contribution >= 4 is 28.6 Å². The Morgan fingerprint density at radius 2 is 1.65 bits per heavy atom. The number of alkyl halides is 3. The van der Waals surface area contributed by atoms with E-state index in [2.05, 4.69) is 25.3 Å². The third-order valence-electron chi connectivity index (χ3n) is 4.39. The maximum Gasteiger partial charge on any atom is 0.416 e. The van der Waals surface area contributed by atoms with Gasteiger partial charge in [-0.05, 0) is 24.3 Å². The number of anilines is 3. The number of benzene rings is 2. The minimum atomic E-state index is -4.46. The van der Waals surface area contributed by atoms with Crippen LogP contribution in [0.15, 0.2) is 36.4 Å². The number of imidazole rings is 1. The first-order valence-corrected chi connectivity index (χ1v) is 8.98. The fraction of sp³-hybridized carbons (Fsp3) is 0.158. The molecule has 0 aliphatic rings. The molecule has 12 heteroatoms. The number of fused-ring (bicyclic) bond motifs is 1. The van der Waals surface area contributed by atoms with Crippen LogP contribution >= 0.6 is 0 Å². The molecule has 2 aromatic heterocycles. The van der Waals surface area contributed by atoms with E-state index in [-0.39, 0.29) is 34.6 Å². The monoisotopic (exact) mass is 435 g/mol. The number of aromatic nitrogens is 5. The second kappa shape index (κ2) is 7.45. The van der Waals surface area contributed by atoms with E-state index in [4.69, 9.17) is 5.73 Å². The number of rotatable bonds is 4. The minimum absolute atomic E-state index is 0.00716. The number of nitrogens with one attached hydrogen (secondary N) is 1. The zero-order valence-corrected chi connectivity index (χ0v) is 15.9. The van der Waals surface area contributed by atoms with Crippen molar-refractivity contribution < 1.29 is 22.0 Å². The molecule has 2 aromatic carbocycles. The predicted molar refractivity (Wildman–Crippen MR) is 103 cm³/mol. The highest BCUT2D eigenvalue weighted by atomic mass is 19.4. The molecule has 0 spiro atoms. The van der Waals surface area contributed by atoms with E-state index < -0.39 is 23.4 Å². The van der Waals surface area contributed by atoms with Crippen molar-refractivity contribution in [3.05, 3.63) is 59.4 Å². The van der Waals surface area contributed by atoms with Crippen molar-refractivity contribution in [1.29, 1.82) is 0 Å².